The Morgan fingerprint density at radius 2 is 1.69 bits per heavy atom. The molecule has 1 aromatic heterocycles. The number of nitrogens with one attached hydrogen (secondary N) is 1. The van der Waals surface area contributed by atoms with Crippen LogP contribution in [-0.2, 0) is 16.1 Å². The van der Waals surface area contributed by atoms with Crippen LogP contribution in [0.25, 0.3) is 5.69 Å². The number of carbonyl (C=O) groups is 2. The first-order valence-electron chi connectivity index (χ1n) is 12.7. The molecule has 182 valence electrons. The van der Waals surface area contributed by atoms with Crippen LogP contribution in [0.5, 0.6) is 0 Å². The topological polar surface area (TPSA) is 63.6 Å². The average Bonchev–Trinajstić information content (AvgIpc) is 3.32. The summed E-state index contributed by atoms with van der Waals surface area (Å²) in [5.41, 5.74) is 4.39. The Morgan fingerprint density at radius 3 is 2.46 bits per heavy atom. The van der Waals surface area contributed by atoms with Crippen LogP contribution >= 0.6 is 0 Å². The van der Waals surface area contributed by atoms with Gasteiger partial charge < -0.3 is 19.5 Å². The van der Waals surface area contributed by atoms with E-state index in [4.69, 9.17) is 4.74 Å². The van der Waals surface area contributed by atoms with Crippen LogP contribution in [0.4, 0.5) is 4.79 Å². The van der Waals surface area contributed by atoms with Gasteiger partial charge in [-0.25, -0.2) is 4.79 Å². The van der Waals surface area contributed by atoms with Gasteiger partial charge in [-0.2, -0.15) is 0 Å². The molecule has 2 amide bonds. The lowest BCUT2D eigenvalue weighted by atomic mass is 9.82. The van der Waals surface area contributed by atoms with Crippen LogP contribution in [-0.4, -0.2) is 34.6 Å². The van der Waals surface area contributed by atoms with Crippen molar-refractivity contribution in [3.63, 3.8) is 0 Å². The normalized spacial score (nSPS) is 21.4. The Hall–Kier alpha value is -3.54. The first-order valence-corrected chi connectivity index (χ1v) is 12.7. The molecule has 1 atom stereocenters. The van der Waals surface area contributed by atoms with E-state index in [2.05, 4.69) is 46.4 Å². The summed E-state index contributed by atoms with van der Waals surface area (Å²) in [6, 6.07) is 22.4. The molecule has 3 aromatic rings. The Balaban J connectivity index is 1.35. The van der Waals surface area contributed by atoms with Crippen LogP contribution in [0.2, 0.25) is 0 Å². The predicted molar refractivity (Wildman–Crippen MR) is 135 cm³/mol. The number of urea groups is 1. The maximum Gasteiger partial charge on any atom is 0.318 e. The van der Waals surface area contributed by atoms with Crippen molar-refractivity contribution in [3.8, 4) is 5.69 Å². The number of hydrogen-bond acceptors (Lipinski definition) is 3. The summed E-state index contributed by atoms with van der Waals surface area (Å²) in [6.07, 6.45) is 5.59. The molecule has 5 rings (SSSR count). The van der Waals surface area contributed by atoms with Crippen molar-refractivity contribution in [2.45, 2.75) is 45.2 Å². The Bertz CT molecular complexity index is 1160. The molecule has 0 unspecified atom stereocenters. The SMILES string of the molecule is CCOC(=O)C1CCC(CNC(=O)N2Cc3ccccc3-n3cccc3[C@H]2c2ccccc2)CC1. The number of nitrogens with zero attached hydrogens (tertiary/aromatic N) is 2. The van der Waals surface area contributed by atoms with Crippen LogP contribution in [0, 0.1) is 11.8 Å². The third kappa shape index (κ3) is 4.83. The van der Waals surface area contributed by atoms with E-state index in [-0.39, 0.29) is 24.0 Å². The van der Waals surface area contributed by atoms with Gasteiger partial charge in [-0.1, -0.05) is 48.5 Å². The second-order valence-electron chi connectivity index (χ2n) is 9.53. The van der Waals surface area contributed by atoms with E-state index in [0.717, 1.165) is 48.2 Å². The zero-order valence-corrected chi connectivity index (χ0v) is 20.2. The van der Waals surface area contributed by atoms with Gasteiger partial charge in [0, 0.05) is 18.4 Å². The molecule has 1 N–H and O–H groups in total. The smallest absolute Gasteiger partial charge is 0.318 e. The summed E-state index contributed by atoms with van der Waals surface area (Å²) in [7, 11) is 0. The first kappa shape index (κ1) is 23.2. The third-order valence-corrected chi connectivity index (χ3v) is 7.35. The number of para-hydroxylation sites is 1. The highest BCUT2D eigenvalue weighted by Crippen LogP contribution is 2.36. The van der Waals surface area contributed by atoms with Gasteiger partial charge in [0.15, 0.2) is 0 Å². The number of esters is 1. The summed E-state index contributed by atoms with van der Waals surface area (Å²) < 4.78 is 7.40. The van der Waals surface area contributed by atoms with Crippen molar-refractivity contribution in [3.05, 3.63) is 89.7 Å². The summed E-state index contributed by atoms with van der Waals surface area (Å²) >= 11 is 0. The molecule has 1 fully saturated rings. The first-order chi connectivity index (χ1) is 17.2. The number of rotatable bonds is 5. The van der Waals surface area contributed by atoms with Gasteiger partial charge in [-0.3, -0.25) is 4.79 Å². The second kappa shape index (κ2) is 10.4. The van der Waals surface area contributed by atoms with Crippen LogP contribution in [0.15, 0.2) is 72.9 Å². The van der Waals surface area contributed by atoms with Gasteiger partial charge in [-0.15, -0.1) is 0 Å². The lowest BCUT2D eigenvalue weighted by Crippen LogP contribution is -2.44. The molecule has 0 saturated heterocycles. The number of aromatic nitrogens is 1. The zero-order valence-electron chi connectivity index (χ0n) is 20.2. The van der Waals surface area contributed by atoms with Crippen molar-refractivity contribution in [1.29, 1.82) is 0 Å². The number of fused-ring (bicyclic) bond motifs is 3. The number of hydrogen-bond donors (Lipinski definition) is 1. The molecular weight excluding hydrogens is 438 g/mol. The highest BCUT2D eigenvalue weighted by atomic mass is 16.5. The molecule has 1 saturated carbocycles. The van der Waals surface area contributed by atoms with Gasteiger partial charge in [0.2, 0.25) is 0 Å². The fourth-order valence-electron chi connectivity index (χ4n) is 5.52. The number of benzene rings is 2. The van der Waals surface area contributed by atoms with E-state index in [1.54, 1.807) is 0 Å². The number of ether oxygens (including phenoxy) is 1. The lowest BCUT2D eigenvalue weighted by molar-refractivity contribution is -0.149. The fourth-order valence-corrected chi connectivity index (χ4v) is 5.52. The Morgan fingerprint density at radius 1 is 0.943 bits per heavy atom. The van der Waals surface area contributed by atoms with Gasteiger partial charge in [0.1, 0.15) is 0 Å². The van der Waals surface area contributed by atoms with Gasteiger partial charge in [0.25, 0.3) is 0 Å². The molecule has 6 nitrogen and oxygen atoms in total. The molecule has 0 bridgehead atoms. The van der Waals surface area contributed by atoms with Gasteiger partial charge in [0.05, 0.1) is 30.8 Å². The minimum absolute atomic E-state index is 0.000687. The van der Waals surface area contributed by atoms with Crippen molar-refractivity contribution in [2.75, 3.05) is 13.2 Å². The van der Waals surface area contributed by atoms with Crippen LogP contribution in [0.1, 0.15) is 55.5 Å². The van der Waals surface area contributed by atoms with E-state index in [0.29, 0.717) is 25.6 Å². The monoisotopic (exact) mass is 471 g/mol. The van der Waals surface area contributed by atoms with Crippen molar-refractivity contribution in [1.82, 2.24) is 14.8 Å². The van der Waals surface area contributed by atoms with Crippen LogP contribution < -0.4 is 5.32 Å². The standard InChI is InChI=1S/C29H33N3O3/c1-2-35-28(33)23-16-14-21(15-17-23)19-30-29(34)32-20-24-11-6-7-12-25(24)31-18-8-13-26(31)27(32)22-9-4-3-5-10-22/h3-13,18,21,23,27H,2,14-17,19-20H2,1H3,(H,30,34)/t21?,23?,27-/m1/s1. The summed E-state index contributed by atoms with van der Waals surface area (Å²) in [5.74, 6) is 0.300. The van der Waals surface area contributed by atoms with E-state index < -0.39 is 0 Å². The Labute approximate surface area is 206 Å². The molecule has 6 heteroatoms. The highest BCUT2D eigenvalue weighted by Gasteiger charge is 2.33. The molecule has 1 aliphatic carbocycles. The van der Waals surface area contributed by atoms with E-state index in [1.807, 2.05) is 48.2 Å². The quantitative estimate of drug-likeness (QED) is 0.503. The summed E-state index contributed by atoms with van der Waals surface area (Å²) in [5, 5.41) is 3.23. The van der Waals surface area contributed by atoms with E-state index in [9.17, 15) is 9.59 Å². The zero-order chi connectivity index (χ0) is 24.2. The maximum atomic E-state index is 13.7. The van der Waals surface area contributed by atoms with E-state index >= 15 is 0 Å². The Kier molecular flexibility index (Phi) is 6.89. The molecule has 2 aliphatic rings. The minimum Gasteiger partial charge on any atom is -0.466 e. The van der Waals surface area contributed by atoms with Gasteiger partial charge >= 0.3 is 12.0 Å². The summed E-state index contributed by atoms with van der Waals surface area (Å²) in [4.78, 5) is 27.7. The highest BCUT2D eigenvalue weighted by molar-refractivity contribution is 5.76. The fraction of sp³-hybridized carbons (Fsp3) is 0.379. The van der Waals surface area contributed by atoms with Gasteiger partial charge in [-0.05, 0) is 67.9 Å². The minimum atomic E-state index is -0.196. The van der Waals surface area contributed by atoms with E-state index in [1.165, 1.54) is 0 Å². The largest absolute Gasteiger partial charge is 0.466 e. The molecule has 0 radical (unpaired) electrons. The molecular formula is C29H33N3O3. The third-order valence-electron chi connectivity index (χ3n) is 7.35. The lowest BCUT2D eigenvalue weighted by Gasteiger charge is -2.32. The number of amides is 2. The molecule has 35 heavy (non-hydrogen) atoms. The number of carbonyl (C=O) groups excluding carboxylic acids is 2. The molecule has 1 aliphatic heterocycles. The van der Waals surface area contributed by atoms with Crippen molar-refractivity contribution < 1.29 is 14.3 Å². The average molecular weight is 472 g/mol. The molecule has 2 aromatic carbocycles. The van der Waals surface area contributed by atoms with Crippen molar-refractivity contribution >= 4 is 12.0 Å². The molecule has 0 spiro atoms. The van der Waals surface area contributed by atoms with Crippen molar-refractivity contribution in [2.24, 2.45) is 11.8 Å². The second-order valence-corrected chi connectivity index (χ2v) is 9.53. The summed E-state index contributed by atoms with van der Waals surface area (Å²) in [6.45, 7) is 3.42. The maximum absolute atomic E-state index is 13.7. The predicted octanol–water partition coefficient (Wildman–Crippen LogP) is 5.46. The molecule has 2 heterocycles. The van der Waals surface area contributed by atoms with Crippen LogP contribution in [0.3, 0.4) is 0 Å².